The van der Waals surface area contributed by atoms with Gasteiger partial charge in [-0.1, -0.05) is 36.8 Å². The van der Waals surface area contributed by atoms with Crippen molar-refractivity contribution in [3.05, 3.63) is 77.9 Å². The normalized spacial score (nSPS) is 18.3. The predicted octanol–water partition coefficient (Wildman–Crippen LogP) is 3.70. The lowest BCUT2D eigenvalue weighted by atomic mass is 10.0. The van der Waals surface area contributed by atoms with Crippen LogP contribution in [-0.4, -0.2) is 75.4 Å². The first-order chi connectivity index (χ1) is 18.3. The smallest absolute Gasteiger partial charge is 0.219 e. The van der Waals surface area contributed by atoms with Gasteiger partial charge >= 0.3 is 0 Å². The number of aromatic nitrogens is 2. The molecule has 1 saturated heterocycles. The zero-order chi connectivity index (χ0) is 27.0. The number of imidazole rings is 1. The minimum atomic E-state index is -1.19. The number of benzene rings is 2. The summed E-state index contributed by atoms with van der Waals surface area (Å²) in [6.45, 7) is 9.81. The molecule has 0 radical (unpaired) electrons. The molecule has 0 unspecified atom stereocenters. The molecule has 1 fully saturated rings. The zero-order valence-corrected chi connectivity index (χ0v) is 22.8. The minimum Gasteiger partial charge on any atom is -0.494 e. The van der Waals surface area contributed by atoms with Crippen molar-refractivity contribution in [2.75, 3.05) is 39.4 Å². The first kappa shape index (κ1) is 27.7. The van der Waals surface area contributed by atoms with E-state index in [0.717, 1.165) is 42.1 Å². The molecule has 0 saturated carbocycles. The van der Waals surface area contributed by atoms with Crippen molar-refractivity contribution in [1.29, 1.82) is 0 Å². The molecule has 0 spiro atoms. The zero-order valence-electron chi connectivity index (χ0n) is 22.8. The van der Waals surface area contributed by atoms with Gasteiger partial charge in [0.05, 0.1) is 13.2 Å². The number of aliphatic hydroxyl groups is 1. The average molecular weight is 521 g/mol. The number of hydrogen-bond acceptors (Lipinski definition) is 6. The second-order valence-corrected chi connectivity index (χ2v) is 10.2. The van der Waals surface area contributed by atoms with Crippen LogP contribution in [0.3, 0.4) is 0 Å². The molecule has 1 aliphatic rings. The lowest BCUT2D eigenvalue weighted by Gasteiger charge is -2.32. The number of hydrogen-bond donors (Lipinski definition) is 1. The van der Waals surface area contributed by atoms with Crippen LogP contribution in [0.25, 0.3) is 0 Å². The van der Waals surface area contributed by atoms with Gasteiger partial charge in [-0.2, -0.15) is 0 Å². The van der Waals surface area contributed by atoms with Crippen molar-refractivity contribution >= 4 is 5.91 Å². The Balaban J connectivity index is 1.35. The molecule has 3 aromatic rings. The Labute approximate surface area is 225 Å². The second-order valence-electron chi connectivity index (χ2n) is 10.2. The van der Waals surface area contributed by atoms with Gasteiger partial charge in [-0.05, 0) is 43.2 Å². The fraction of sp³-hybridized carbons (Fsp3) is 0.467. The first-order valence-corrected chi connectivity index (χ1v) is 13.4. The molecule has 38 heavy (non-hydrogen) atoms. The summed E-state index contributed by atoms with van der Waals surface area (Å²) in [5, 5.41) is 11.6. The lowest BCUT2D eigenvalue weighted by molar-refractivity contribution is -0.132. The number of ether oxygens (including phenoxy) is 2. The third kappa shape index (κ3) is 7.82. The van der Waals surface area contributed by atoms with E-state index in [9.17, 15) is 9.90 Å². The quantitative estimate of drug-likeness (QED) is 0.389. The minimum absolute atomic E-state index is 0.0437. The summed E-state index contributed by atoms with van der Waals surface area (Å²) in [5.74, 6) is 2.59. The predicted molar refractivity (Wildman–Crippen MR) is 147 cm³/mol. The summed E-state index contributed by atoms with van der Waals surface area (Å²) in [7, 11) is 0. The van der Waals surface area contributed by atoms with Crippen molar-refractivity contribution in [2.45, 2.75) is 52.3 Å². The fourth-order valence-electron chi connectivity index (χ4n) is 4.86. The van der Waals surface area contributed by atoms with Crippen LogP contribution in [0.1, 0.15) is 37.2 Å². The van der Waals surface area contributed by atoms with Crippen LogP contribution >= 0.6 is 0 Å². The third-order valence-electron chi connectivity index (χ3n) is 6.90. The van der Waals surface area contributed by atoms with Crippen LogP contribution in [0.5, 0.6) is 11.5 Å². The van der Waals surface area contributed by atoms with Crippen molar-refractivity contribution in [2.24, 2.45) is 0 Å². The number of carbonyl (C=O) groups is 1. The average Bonchev–Trinajstić information content (AvgIpc) is 3.29. The van der Waals surface area contributed by atoms with Crippen molar-refractivity contribution in [3.63, 3.8) is 0 Å². The van der Waals surface area contributed by atoms with Gasteiger partial charge in [0.1, 0.15) is 29.5 Å². The maximum atomic E-state index is 12.2. The first-order valence-electron chi connectivity index (χ1n) is 13.4. The van der Waals surface area contributed by atoms with Crippen molar-refractivity contribution in [1.82, 2.24) is 19.4 Å². The molecule has 8 nitrogen and oxygen atoms in total. The van der Waals surface area contributed by atoms with E-state index in [1.807, 2.05) is 55.7 Å². The standard InChI is InChI=1S/C30H40N4O4/c1-4-29-31-13-15-33(29)14-6-18-37-28-8-5-7-26(19-28)20-32-16-17-34(25(3)35)22-30(36,21-32)23-38-27-11-9-24(2)10-12-27/h5,7-13,15,19,36H,4,6,14,16-18,20-23H2,1-3H3/t30-/m0/s1. The SMILES string of the molecule is CCc1nccn1CCCOc1cccc(CN2CCN(C(C)=O)C[C@](O)(COc3ccc(C)cc3)C2)c1. The Morgan fingerprint density at radius 3 is 2.66 bits per heavy atom. The highest BCUT2D eigenvalue weighted by atomic mass is 16.5. The van der Waals surface area contributed by atoms with E-state index < -0.39 is 5.60 Å². The maximum Gasteiger partial charge on any atom is 0.219 e. The molecule has 0 aliphatic carbocycles. The van der Waals surface area contributed by atoms with Crippen LogP contribution < -0.4 is 9.47 Å². The van der Waals surface area contributed by atoms with E-state index in [1.54, 1.807) is 11.8 Å². The van der Waals surface area contributed by atoms with Gasteiger partial charge in [0.2, 0.25) is 5.91 Å². The summed E-state index contributed by atoms with van der Waals surface area (Å²) in [6.07, 6.45) is 5.68. The molecule has 1 atom stereocenters. The van der Waals surface area contributed by atoms with E-state index in [2.05, 4.69) is 33.5 Å². The number of β-amino-alcohol motifs (C(OH)–C–C–N with tert-alkyl or cyclic N) is 1. The van der Waals surface area contributed by atoms with Gasteiger partial charge in [0.25, 0.3) is 0 Å². The molecule has 1 N–H and O–H groups in total. The Kier molecular flexibility index (Phi) is 9.42. The molecule has 2 heterocycles. The Bertz CT molecular complexity index is 1180. The van der Waals surface area contributed by atoms with Crippen LogP contribution in [-0.2, 0) is 24.3 Å². The number of amides is 1. The van der Waals surface area contributed by atoms with E-state index in [4.69, 9.17) is 9.47 Å². The summed E-state index contributed by atoms with van der Waals surface area (Å²) < 4.78 is 14.2. The van der Waals surface area contributed by atoms with Crippen LogP contribution in [0.2, 0.25) is 0 Å². The maximum absolute atomic E-state index is 12.2. The summed E-state index contributed by atoms with van der Waals surface area (Å²) >= 11 is 0. The molecule has 2 aromatic carbocycles. The summed E-state index contributed by atoms with van der Waals surface area (Å²) in [5.41, 5.74) is 1.06. The van der Waals surface area contributed by atoms with Gasteiger partial charge in [-0.15, -0.1) is 0 Å². The summed E-state index contributed by atoms with van der Waals surface area (Å²) in [6, 6.07) is 15.9. The van der Waals surface area contributed by atoms with Crippen LogP contribution in [0.4, 0.5) is 0 Å². The Morgan fingerprint density at radius 2 is 1.89 bits per heavy atom. The van der Waals surface area contributed by atoms with E-state index >= 15 is 0 Å². The van der Waals surface area contributed by atoms with Gasteiger partial charge < -0.3 is 24.0 Å². The monoisotopic (exact) mass is 520 g/mol. The Hall–Kier alpha value is -3.36. The van der Waals surface area contributed by atoms with Crippen molar-refractivity contribution < 1.29 is 19.4 Å². The number of carbonyl (C=O) groups excluding carboxylic acids is 1. The summed E-state index contributed by atoms with van der Waals surface area (Å²) in [4.78, 5) is 20.5. The Morgan fingerprint density at radius 1 is 1.08 bits per heavy atom. The molecule has 4 rings (SSSR count). The number of nitrogens with zero attached hydrogens (tertiary/aromatic N) is 4. The molecular formula is C30H40N4O4. The van der Waals surface area contributed by atoms with Gasteiger partial charge in [0, 0.05) is 58.5 Å². The molecule has 1 amide bonds. The van der Waals surface area contributed by atoms with Gasteiger partial charge in [0.15, 0.2) is 0 Å². The van der Waals surface area contributed by atoms with Crippen molar-refractivity contribution in [3.8, 4) is 11.5 Å². The topological polar surface area (TPSA) is 80.1 Å². The highest BCUT2D eigenvalue weighted by molar-refractivity contribution is 5.73. The fourth-order valence-corrected chi connectivity index (χ4v) is 4.86. The molecule has 0 bridgehead atoms. The van der Waals surface area contributed by atoms with Crippen LogP contribution in [0.15, 0.2) is 60.9 Å². The lowest BCUT2D eigenvalue weighted by Crippen LogP contribution is -2.51. The van der Waals surface area contributed by atoms with Crippen LogP contribution in [0, 0.1) is 6.92 Å². The molecule has 1 aliphatic heterocycles. The molecule has 8 heteroatoms. The van der Waals surface area contributed by atoms with E-state index in [0.29, 0.717) is 38.5 Å². The largest absolute Gasteiger partial charge is 0.494 e. The number of rotatable bonds is 11. The highest BCUT2D eigenvalue weighted by Gasteiger charge is 2.36. The highest BCUT2D eigenvalue weighted by Crippen LogP contribution is 2.22. The third-order valence-corrected chi connectivity index (χ3v) is 6.90. The molecule has 204 valence electrons. The second kappa shape index (κ2) is 12.9. The molecule has 1 aromatic heterocycles. The van der Waals surface area contributed by atoms with Gasteiger partial charge in [-0.25, -0.2) is 4.98 Å². The van der Waals surface area contributed by atoms with E-state index in [1.165, 1.54) is 0 Å². The van der Waals surface area contributed by atoms with Gasteiger partial charge in [-0.3, -0.25) is 9.69 Å². The van der Waals surface area contributed by atoms with E-state index in [-0.39, 0.29) is 19.1 Å². The number of aryl methyl sites for hydroxylation is 3. The molecular weight excluding hydrogens is 480 g/mol.